The Bertz CT molecular complexity index is 1080. The van der Waals surface area contributed by atoms with E-state index in [1.807, 2.05) is 17.5 Å². The number of nitrogens with zero attached hydrogens (tertiary/aromatic N) is 1. The number of hydrogen-bond donors (Lipinski definition) is 2. The summed E-state index contributed by atoms with van der Waals surface area (Å²) in [5.74, 6) is 0.824. The molecule has 2 aliphatic heterocycles. The van der Waals surface area contributed by atoms with Crippen LogP contribution in [-0.4, -0.2) is 61.1 Å². The Morgan fingerprint density at radius 3 is 2.77 bits per heavy atom. The summed E-state index contributed by atoms with van der Waals surface area (Å²) in [7, 11) is 1.78. The Hall–Kier alpha value is -2.91. The number of nitrogens with one attached hydrogen (secondary N) is 2. The van der Waals surface area contributed by atoms with Gasteiger partial charge in [0.05, 0.1) is 30.6 Å². The largest absolute Gasteiger partial charge is 0.490 e. The smallest absolute Gasteiger partial charge is 0.257 e. The van der Waals surface area contributed by atoms with Gasteiger partial charge in [0.2, 0.25) is 11.8 Å². The molecule has 1 saturated heterocycles. The van der Waals surface area contributed by atoms with Crippen LogP contribution in [0.1, 0.15) is 47.3 Å². The molecule has 1 saturated carbocycles. The first-order valence-corrected chi connectivity index (χ1v) is 13.1. The van der Waals surface area contributed by atoms with Crippen LogP contribution in [0.25, 0.3) is 0 Å². The van der Waals surface area contributed by atoms with Crippen LogP contribution in [0.4, 0.5) is 5.69 Å². The van der Waals surface area contributed by atoms with Crippen LogP contribution in [0.5, 0.6) is 5.75 Å². The first-order valence-electron chi connectivity index (χ1n) is 12.2. The summed E-state index contributed by atoms with van der Waals surface area (Å²) in [5.41, 5.74) is 0.978. The van der Waals surface area contributed by atoms with Gasteiger partial charge >= 0.3 is 0 Å². The van der Waals surface area contributed by atoms with E-state index in [9.17, 15) is 14.4 Å². The predicted molar refractivity (Wildman–Crippen MR) is 133 cm³/mol. The van der Waals surface area contributed by atoms with E-state index < -0.39 is 0 Å². The topological polar surface area (TPSA) is 97.0 Å². The molecule has 9 heteroatoms. The molecular weight excluding hydrogens is 466 g/mol. The normalized spacial score (nSPS) is 23.9. The lowest BCUT2D eigenvalue weighted by atomic mass is 9.94. The van der Waals surface area contributed by atoms with E-state index in [0.29, 0.717) is 48.8 Å². The van der Waals surface area contributed by atoms with Gasteiger partial charge in [-0.05, 0) is 61.2 Å². The zero-order valence-electron chi connectivity index (χ0n) is 19.8. The van der Waals surface area contributed by atoms with Gasteiger partial charge in [0.15, 0.2) is 0 Å². The highest BCUT2D eigenvalue weighted by atomic mass is 32.1. The molecule has 1 aliphatic carbocycles. The molecule has 186 valence electrons. The summed E-state index contributed by atoms with van der Waals surface area (Å²) in [6.45, 7) is 1.05. The molecule has 3 amide bonds. The Morgan fingerprint density at radius 2 is 2.00 bits per heavy atom. The third-order valence-electron chi connectivity index (χ3n) is 6.91. The molecular formula is C26H31N3O5S. The Balaban J connectivity index is 1.23. The highest BCUT2D eigenvalue weighted by Crippen LogP contribution is 2.33. The van der Waals surface area contributed by atoms with Gasteiger partial charge in [-0.1, -0.05) is 6.07 Å². The highest BCUT2D eigenvalue weighted by molar-refractivity contribution is 7.10. The van der Waals surface area contributed by atoms with Crippen LogP contribution in [0, 0.1) is 5.92 Å². The summed E-state index contributed by atoms with van der Waals surface area (Å²) in [6, 6.07) is 8.83. The van der Waals surface area contributed by atoms with Crippen molar-refractivity contribution in [1.82, 2.24) is 10.2 Å². The highest BCUT2D eigenvalue weighted by Gasteiger charge is 2.39. The first kappa shape index (κ1) is 23.8. The Kier molecular flexibility index (Phi) is 7.06. The summed E-state index contributed by atoms with van der Waals surface area (Å²) in [5, 5.41) is 7.82. The van der Waals surface area contributed by atoms with Gasteiger partial charge in [0.1, 0.15) is 18.5 Å². The Labute approximate surface area is 209 Å². The number of anilines is 1. The van der Waals surface area contributed by atoms with Crippen molar-refractivity contribution in [3.05, 3.63) is 46.2 Å². The van der Waals surface area contributed by atoms with E-state index >= 15 is 0 Å². The van der Waals surface area contributed by atoms with E-state index in [1.54, 1.807) is 30.1 Å². The fourth-order valence-electron chi connectivity index (χ4n) is 4.74. The van der Waals surface area contributed by atoms with Crippen molar-refractivity contribution in [3.63, 3.8) is 0 Å². The van der Waals surface area contributed by atoms with E-state index in [2.05, 4.69) is 10.6 Å². The maximum atomic E-state index is 13.4. The Morgan fingerprint density at radius 1 is 1.14 bits per heavy atom. The van der Waals surface area contributed by atoms with Crippen LogP contribution >= 0.6 is 11.3 Å². The van der Waals surface area contributed by atoms with Gasteiger partial charge in [-0.25, -0.2) is 0 Å². The van der Waals surface area contributed by atoms with Crippen molar-refractivity contribution < 1.29 is 23.9 Å². The molecule has 5 rings (SSSR count). The zero-order valence-corrected chi connectivity index (χ0v) is 20.6. The van der Waals surface area contributed by atoms with Crippen molar-refractivity contribution in [2.24, 2.45) is 5.92 Å². The molecule has 0 unspecified atom stereocenters. The maximum absolute atomic E-state index is 13.4. The zero-order chi connectivity index (χ0) is 24.4. The number of carbonyl (C=O) groups excluding carboxylic acids is 3. The molecule has 3 heterocycles. The lowest BCUT2D eigenvalue weighted by Crippen LogP contribution is -2.54. The average Bonchev–Trinajstić information content (AvgIpc) is 3.54. The van der Waals surface area contributed by atoms with Gasteiger partial charge in [0, 0.05) is 24.2 Å². The number of ether oxygens (including phenoxy) is 2. The molecule has 35 heavy (non-hydrogen) atoms. The number of benzene rings is 1. The molecule has 2 aromatic rings. The van der Waals surface area contributed by atoms with Gasteiger partial charge in [0.25, 0.3) is 5.91 Å². The van der Waals surface area contributed by atoms with Crippen LogP contribution in [0.15, 0.2) is 35.7 Å². The van der Waals surface area contributed by atoms with E-state index in [4.69, 9.17) is 9.47 Å². The number of amides is 3. The second-order valence-electron chi connectivity index (χ2n) is 9.64. The minimum Gasteiger partial charge on any atom is -0.490 e. The molecule has 1 aromatic carbocycles. The van der Waals surface area contributed by atoms with E-state index in [-0.39, 0.29) is 36.0 Å². The summed E-state index contributed by atoms with van der Waals surface area (Å²) in [6.07, 6.45) is 3.99. The van der Waals surface area contributed by atoms with Crippen molar-refractivity contribution in [2.75, 3.05) is 25.5 Å². The average molecular weight is 498 g/mol. The molecule has 2 fully saturated rings. The minimum absolute atomic E-state index is 0.0237. The number of hydrogen-bond acceptors (Lipinski definition) is 6. The van der Waals surface area contributed by atoms with E-state index in [0.717, 1.165) is 17.8 Å². The monoisotopic (exact) mass is 497 g/mol. The predicted octanol–water partition coefficient (Wildman–Crippen LogP) is 3.23. The molecule has 3 aliphatic rings. The van der Waals surface area contributed by atoms with Crippen LogP contribution in [0.2, 0.25) is 0 Å². The lowest BCUT2D eigenvalue weighted by Gasteiger charge is -2.42. The van der Waals surface area contributed by atoms with Crippen LogP contribution in [-0.2, 0) is 20.7 Å². The third-order valence-corrected chi connectivity index (χ3v) is 7.78. The summed E-state index contributed by atoms with van der Waals surface area (Å²) < 4.78 is 12.3. The number of likely N-dealkylation sites (N-methyl/N-ethyl adjacent to an activating group) is 1. The molecule has 2 N–H and O–H groups in total. The fourth-order valence-corrected chi connectivity index (χ4v) is 5.44. The number of rotatable bonds is 7. The molecule has 3 atom stereocenters. The number of carbonyl (C=O) groups is 3. The fraction of sp³-hybridized carbons (Fsp3) is 0.500. The lowest BCUT2D eigenvalue weighted by molar-refractivity contribution is -0.134. The molecule has 8 nitrogen and oxygen atoms in total. The van der Waals surface area contributed by atoms with Gasteiger partial charge in [-0.2, -0.15) is 0 Å². The quantitative estimate of drug-likeness (QED) is 0.612. The SMILES string of the molecule is CN1C(=O)c2cc(NC(=O)Cc3cccs3)ccc2OC[C@H]2O[C@H](CC(=O)NCC3CC3)CC[C@H]21. The number of thiophene rings is 1. The van der Waals surface area contributed by atoms with Crippen molar-refractivity contribution >= 4 is 34.7 Å². The van der Waals surface area contributed by atoms with Gasteiger partial charge < -0.3 is 25.0 Å². The summed E-state index contributed by atoms with van der Waals surface area (Å²) in [4.78, 5) is 40.8. The number of fused-ring (bicyclic) bond motifs is 2. The van der Waals surface area contributed by atoms with E-state index in [1.165, 1.54) is 24.2 Å². The van der Waals surface area contributed by atoms with Crippen molar-refractivity contribution in [3.8, 4) is 5.75 Å². The molecule has 0 bridgehead atoms. The standard InChI is InChI=1S/C26H31N3O5S/c1-29-21-8-7-18(12-24(30)27-14-16-4-5-16)34-23(21)15-33-22-9-6-17(11-20(22)26(29)32)28-25(31)13-19-3-2-10-35-19/h2-3,6,9-11,16,18,21,23H,4-5,7-8,12-15H2,1H3,(H,27,30)(H,28,31)/t18-,21+,23+/m0/s1. The van der Waals surface area contributed by atoms with Crippen molar-refractivity contribution in [2.45, 2.75) is 56.8 Å². The minimum atomic E-state index is -0.308. The van der Waals surface area contributed by atoms with Gasteiger partial charge in [-0.15, -0.1) is 11.3 Å². The maximum Gasteiger partial charge on any atom is 0.257 e. The summed E-state index contributed by atoms with van der Waals surface area (Å²) >= 11 is 1.53. The van der Waals surface area contributed by atoms with Crippen molar-refractivity contribution in [1.29, 1.82) is 0 Å². The van der Waals surface area contributed by atoms with Gasteiger partial charge in [-0.3, -0.25) is 14.4 Å². The molecule has 0 radical (unpaired) electrons. The second-order valence-corrected chi connectivity index (χ2v) is 10.7. The van der Waals surface area contributed by atoms with Crippen LogP contribution in [0.3, 0.4) is 0 Å². The van der Waals surface area contributed by atoms with Crippen LogP contribution < -0.4 is 15.4 Å². The first-order chi connectivity index (χ1) is 17.0. The molecule has 1 aromatic heterocycles. The third kappa shape index (κ3) is 5.85. The molecule has 0 spiro atoms. The second kappa shape index (κ2) is 10.4.